The Hall–Kier alpha value is -3.61. The smallest absolute Gasteiger partial charge is 0.268 e. The van der Waals surface area contributed by atoms with Crippen molar-refractivity contribution < 1.29 is 13.2 Å². The number of hydrogen-bond donors (Lipinski definition) is 0. The second-order valence-electron chi connectivity index (χ2n) is 5.70. The predicted molar refractivity (Wildman–Crippen MR) is 89.3 cm³/mol. The number of halogens is 3. The molecule has 138 valence electrons. The van der Waals surface area contributed by atoms with Gasteiger partial charge in [0.25, 0.3) is 5.56 Å². The zero-order valence-corrected chi connectivity index (χ0v) is 14.2. The van der Waals surface area contributed by atoms with E-state index < -0.39 is 23.2 Å². The molecule has 0 radical (unpaired) electrons. The van der Waals surface area contributed by atoms with Crippen molar-refractivity contribution in [3.8, 4) is 23.0 Å². The number of nitriles is 1. The maximum atomic E-state index is 13.3. The largest absolute Gasteiger partial charge is 0.492 e. The molecule has 3 aromatic rings. The third-order valence-corrected chi connectivity index (χ3v) is 4.09. The highest BCUT2D eigenvalue weighted by Crippen LogP contribution is 2.27. The molecule has 0 amide bonds. The SMILES string of the molecule is Cc1c(-c2ccnn2-c2ccc(C#N)cc2)c(=O)n(C)c(=O)n1C(F)(F)F. The fourth-order valence-electron chi connectivity index (χ4n) is 2.78. The number of nitrogens with zero attached hydrogens (tertiary/aromatic N) is 5. The number of rotatable bonds is 2. The average Bonchev–Trinajstić information content (AvgIpc) is 3.08. The summed E-state index contributed by atoms with van der Waals surface area (Å²) >= 11 is 0. The molecule has 0 aliphatic rings. The van der Waals surface area contributed by atoms with E-state index in [9.17, 15) is 22.8 Å². The van der Waals surface area contributed by atoms with Crippen molar-refractivity contribution >= 4 is 0 Å². The number of benzene rings is 1. The summed E-state index contributed by atoms with van der Waals surface area (Å²) in [6.45, 7) is 1.06. The Morgan fingerprint density at radius 3 is 2.30 bits per heavy atom. The molecule has 0 N–H and O–H groups in total. The van der Waals surface area contributed by atoms with E-state index in [0.717, 1.165) is 14.0 Å². The second-order valence-corrected chi connectivity index (χ2v) is 5.70. The van der Waals surface area contributed by atoms with E-state index >= 15 is 0 Å². The Bertz CT molecular complexity index is 1180. The van der Waals surface area contributed by atoms with Crippen LogP contribution in [0, 0.1) is 18.3 Å². The Kier molecular flexibility index (Phi) is 4.23. The van der Waals surface area contributed by atoms with E-state index in [1.807, 2.05) is 6.07 Å². The summed E-state index contributed by atoms with van der Waals surface area (Å²) in [6.07, 6.45) is -3.66. The van der Waals surface area contributed by atoms with Crippen LogP contribution in [0.1, 0.15) is 11.3 Å². The summed E-state index contributed by atoms with van der Waals surface area (Å²) in [7, 11) is 0.984. The standard InChI is InChI=1S/C17H12F3N5O2/c1-10-14(15(26)23(2)16(27)24(10)17(18,19)20)13-7-8-22-25(13)12-5-3-11(9-21)4-6-12/h3-8H,1-2H3. The monoisotopic (exact) mass is 375 g/mol. The Morgan fingerprint density at radius 1 is 1.11 bits per heavy atom. The highest BCUT2D eigenvalue weighted by Gasteiger charge is 2.36. The molecule has 3 rings (SSSR count). The first-order valence-corrected chi connectivity index (χ1v) is 7.61. The van der Waals surface area contributed by atoms with Gasteiger partial charge in [-0.1, -0.05) is 0 Å². The molecule has 2 heterocycles. The molecule has 0 fully saturated rings. The van der Waals surface area contributed by atoms with Gasteiger partial charge in [-0.15, -0.1) is 13.2 Å². The topological polar surface area (TPSA) is 85.6 Å². The van der Waals surface area contributed by atoms with Crippen molar-refractivity contribution in [3.05, 3.63) is 68.6 Å². The van der Waals surface area contributed by atoms with Crippen LogP contribution in [0.2, 0.25) is 0 Å². The van der Waals surface area contributed by atoms with Crippen molar-refractivity contribution in [1.29, 1.82) is 5.26 Å². The number of hydrogen-bond acceptors (Lipinski definition) is 4. The van der Waals surface area contributed by atoms with Gasteiger partial charge in [0.2, 0.25) is 0 Å². The van der Waals surface area contributed by atoms with Gasteiger partial charge in [-0.25, -0.2) is 14.0 Å². The minimum atomic E-state index is -4.99. The zero-order valence-electron chi connectivity index (χ0n) is 14.2. The minimum absolute atomic E-state index is 0.0933. The zero-order chi connectivity index (χ0) is 19.9. The van der Waals surface area contributed by atoms with Crippen LogP contribution in [-0.2, 0) is 13.3 Å². The lowest BCUT2D eigenvalue weighted by atomic mass is 10.1. The molecular weight excluding hydrogens is 363 g/mol. The third-order valence-electron chi connectivity index (χ3n) is 4.09. The highest BCUT2D eigenvalue weighted by molar-refractivity contribution is 5.63. The average molecular weight is 375 g/mol. The van der Waals surface area contributed by atoms with Gasteiger partial charge in [0.05, 0.1) is 34.8 Å². The summed E-state index contributed by atoms with van der Waals surface area (Å²) in [5.41, 5.74) is -2.24. The van der Waals surface area contributed by atoms with Crippen molar-refractivity contribution in [2.24, 2.45) is 7.05 Å². The number of aromatic nitrogens is 4. The van der Waals surface area contributed by atoms with Crippen molar-refractivity contribution in [3.63, 3.8) is 0 Å². The Balaban J connectivity index is 2.33. The van der Waals surface area contributed by atoms with Gasteiger partial charge in [0, 0.05) is 12.7 Å². The van der Waals surface area contributed by atoms with Crippen LogP contribution in [0.5, 0.6) is 0 Å². The van der Waals surface area contributed by atoms with Gasteiger partial charge in [-0.3, -0.25) is 9.36 Å². The first kappa shape index (κ1) is 18.2. The van der Waals surface area contributed by atoms with Crippen LogP contribution in [0.25, 0.3) is 16.9 Å². The molecule has 0 atom stereocenters. The maximum absolute atomic E-state index is 13.3. The van der Waals surface area contributed by atoms with E-state index in [1.54, 1.807) is 12.1 Å². The molecule has 0 aliphatic heterocycles. The quantitative estimate of drug-likeness (QED) is 0.686. The van der Waals surface area contributed by atoms with Crippen molar-refractivity contribution in [2.75, 3.05) is 0 Å². The molecule has 0 saturated carbocycles. The van der Waals surface area contributed by atoms with Crippen LogP contribution >= 0.6 is 0 Å². The maximum Gasteiger partial charge on any atom is 0.492 e. The lowest BCUT2D eigenvalue weighted by Gasteiger charge is -2.18. The summed E-state index contributed by atoms with van der Waals surface area (Å²) in [5, 5.41) is 12.9. The van der Waals surface area contributed by atoms with Gasteiger partial charge in [0.15, 0.2) is 0 Å². The summed E-state index contributed by atoms with van der Waals surface area (Å²) in [6, 6.07) is 9.47. The van der Waals surface area contributed by atoms with Crippen LogP contribution in [0.4, 0.5) is 13.2 Å². The highest BCUT2D eigenvalue weighted by atomic mass is 19.4. The van der Waals surface area contributed by atoms with E-state index in [1.165, 1.54) is 29.1 Å². The van der Waals surface area contributed by atoms with Gasteiger partial charge in [-0.2, -0.15) is 10.4 Å². The van der Waals surface area contributed by atoms with Crippen molar-refractivity contribution in [1.82, 2.24) is 18.9 Å². The summed E-state index contributed by atoms with van der Waals surface area (Å²) in [4.78, 5) is 24.5. The molecule has 2 aromatic heterocycles. The van der Waals surface area contributed by atoms with E-state index in [2.05, 4.69) is 5.10 Å². The molecule has 7 nitrogen and oxygen atoms in total. The molecule has 0 bridgehead atoms. The molecule has 10 heteroatoms. The van der Waals surface area contributed by atoms with Gasteiger partial charge < -0.3 is 0 Å². The minimum Gasteiger partial charge on any atom is -0.268 e. The first-order chi connectivity index (χ1) is 12.7. The molecule has 27 heavy (non-hydrogen) atoms. The van der Waals surface area contributed by atoms with Crippen LogP contribution in [-0.4, -0.2) is 18.9 Å². The van der Waals surface area contributed by atoms with Gasteiger partial charge in [-0.05, 0) is 37.3 Å². The van der Waals surface area contributed by atoms with E-state index in [-0.39, 0.29) is 15.8 Å². The molecule has 0 unspecified atom stereocenters. The molecular formula is C17H12F3N5O2. The molecule has 0 aliphatic carbocycles. The fraction of sp³-hybridized carbons (Fsp3) is 0.176. The Labute approximate surface area is 150 Å². The molecule has 0 saturated heterocycles. The lowest BCUT2D eigenvalue weighted by molar-refractivity contribution is -0.208. The van der Waals surface area contributed by atoms with E-state index in [4.69, 9.17) is 5.26 Å². The lowest BCUT2D eigenvalue weighted by Crippen LogP contribution is -2.44. The van der Waals surface area contributed by atoms with Crippen LogP contribution in [0.15, 0.2) is 46.1 Å². The van der Waals surface area contributed by atoms with Crippen molar-refractivity contribution in [2.45, 2.75) is 13.2 Å². The molecule has 0 spiro atoms. The third kappa shape index (κ3) is 2.93. The summed E-state index contributed by atoms with van der Waals surface area (Å²) in [5.74, 6) is 0. The first-order valence-electron chi connectivity index (χ1n) is 7.61. The van der Waals surface area contributed by atoms with E-state index in [0.29, 0.717) is 15.8 Å². The van der Waals surface area contributed by atoms with Crippen LogP contribution < -0.4 is 11.2 Å². The fourth-order valence-corrected chi connectivity index (χ4v) is 2.78. The normalized spacial score (nSPS) is 11.4. The van der Waals surface area contributed by atoms with Gasteiger partial charge in [0.1, 0.15) is 0 Å². The Morgan fingerprint density at radius 2 is 1.74 bits per heavy atom. The predicted octanol–water partition coefficient (Wildman–Crippen LogP) is 2.06. The van der Waals surface area contributed by atoms with Crippen LogP contribution in [0.3, 0.4) is 0 Å². The van der Waals surface area contributed by atoms with Gasteiger partial charge >= 0.3 is 12.0 Å². The molecule has 1 aromatic carbocycles. The summed E-state index contributed by atoms with van der Waals surface area (Å²) < 4.78 is 41.3. The number of alkyl halides is 3. The second kappa shape index (κ2) is 6.28.